The van der Waals surface area contributed by atoms with Gasteiger partial charge in [0.1, 0.15) is 16.7 Å². The summed E-state index contributed by atoms with van der Waals surface area (Å²) in [4.78, 5) is 16.7. The smallest absolute Gasteiger partial charge is 0.264 e. The van der Waals surface area contributed by atoms with Crippen LogP contribution in [0.1, 0.15) is 67.4 Å². The van der Waals surface area contributed by atoms with E-state index in [1.54, 1.807) is 37.9 Å². The first kappa shape index (κ1) is 31.5. The molecular formula is C34H39ClF2N2O4S2. The zero-order valence-electron chi connectivity index (χ0n) is 25.7. The minimum Gasteiger partial charge on any atom is -0.377 e. The number of sulfonamides is 1. The van der Waals surface area contributed by atoms with Crippen molar-refractivity contribution in [3.05, 3.63) is 69.3 Å². The van der Waals surface area contributed by atoms with Crippen molar-refractivity contribution in [1.29, 1.82) is 0 Å². The van der Waals surface area contributed by atoms with Crippen molar-refractivity contribution < 1.29 is 26.7 Å². The van der Waals surface area contributed by atoms with Crippen molar-refractivity contribution >= 4 is 45.0 Å². The van der Waals surface area contributed by atoms with E-state index in [0.29, 0.717) is 48.2 Å². The van der Waals surface area contributed by atoms with Crippen molar-refractivity contribution in [2.75, 3.05) is 30.9 Å². The maximum absolute atomic E-state index is 15.4. The summed E-state index contributed by atoms with van der Waals surface area (Å²) in [5, 5.41) is -1.21. The zero-order valence-corrected chi connectivity index (χ0v) is 28.1. The third-order valence-corrected chi connectivity index (χ3v) is 15.0. The van der Waals surface area contributed by atoms with Crippen molar-refractivity contribution in [3.63, 3.8) is 0 Å². The molecule has 0 aromatic heterocycles. The van der Waals surface area contributed by atoms with Gasteiger partial charge in [0.2, 0.25) is 10.0 Å². The lowest BCUT2D eigenvalue weighted by Gasteiger charge is -2.48. The summed E-state index contributed by atoms with van der Waals surface area (Å²) in [6.07, 6.45) is 7.02. The number of nitrogens with zero attached hydrogens (tertiary/aromatic N) is 1. The maximum atomic E-state index is 15.4. The molecular weight excluding hydrogens is 638 g/mol. The van der Waals surface area contributed by atoms with Crippen LogP contribution in [-0.4, -0.2) is 51.6 Å². The van der Waals surface area contributed by atoms with Crippen LogP contribution in [0.4, 0.5) is 14.5 Å². The molecule has 1 spiro atoms. The highest BCUT2D eigenvalue weighted by molar-refractivity contribution is 7.99. The number of carbonyl (C=O) groups excluding carboxylic acids is 1. The third-order valence-electron chi connectivity index (χ3n) is 11.5. The Hall–Kier alpha value is -2.14. The molecule has 3 aliphatic carbocycles. The number of ether oxygens (including phenoxy) is 1. The summed E-state index contributed by atoms with van der Waals surface area (Å²) in [5.74, 6) is -0.884. The molecule has 6 aliphatic rings. The fraction of sp³-hybridized carbons (Fsp3) is 0.559. The number of benzene rings is 2. The normalized spacial score (nSPS) is 34.0. The molecule has 3 aliphatic heterocycles. The van der Waals surface area contributed by atoms with E-state index >= 15 is 4.39 Å². The number of allylic oxidation sites excluding steroid dienone is 1. The zero-order chi connectivity index (χ0) is 31.8. The Morgan fingerprint density at radius 2 is 1.96 bits per heavy atom. The van der Waals surface area contributed by atoms with Gasteiger partial charge in [-0.1, -0.05) is 24.6 Å². The number of amides is 1. The number of thioether (sulfide) groups is 1. The van der Waals surface area contributed by atoms with Gasteiger partial charge in [-0.05, 0) is 110 Å². The van der Waals surface area contributed by atoms with Gasteiger partial charge in [0.15, 0.2) is 0 Å². The SMILES string of the molecule is CO[C@H]1C2=C[C@@H](C2)[C@H](C)[C@@H](C)S(=O)(=O)NC(=O)c2ccc3c(c2)N(C[C@@H]2CC[C@H]21)C[C@@]1(CCCc2c1cc(F)c(Cl)c2F)CS3. The summed E-state index contributed by atoms with van der Waals surface area (Å²) in [6.45, 7) is 4.82. The molecule has 3 heterocycles. The van der Waals surface area contributed by atoms with Crippen LogP contribution < -0.4 is 9.62 Å². The number of fused-ring (bicyclic) bond motifs is 6. The van der Waals surface area contributed by atoms with Crippen LogP contribution >= 0.6 is 23.4 Å². The number of methoxy groups -OCH3 is 1. The number of anilines is 1. The van der Waals surface area contributed by atoms with Gasteiger partial charge in [0, 0.05) is 41.8 Å². The summed E-state index contributed by atoms with van der Waals surface area (Å²) in [6, 6.07) is 6.78. The summed E-state index contributed by atoms with van der Waals surface area (Å²) < 4.78 is 65.6. The largest absolute Gasteiger partial charge is 0.377 e. The van der Waals surface area contributed by atoms with Crippen LogP contribution in [0, 0.1) is 35.3 Å². The molecule has 0 saturated heterocycles. The Labute approximate surface area is 273 Å². The number of carbonyl (C=O) groups is 1. The van der Waals surface area contributed by atoms with Gasteiger partial charge in [-0.25, -0.2) is 21.9 Å². The van der Waals surface area contributed by atoms with Crippen LogP contribution in [0.5, 0.6) is 0 Å². The molecule has 1 saturated carbocycles. The molecule has 0 radical (unpaired) electrons. The summed E-state index contributed by atoms with van der Waals surface area (Å²) >= 11 is 7.65. The second-order valence-electron chi connectivity index (χ2n) is 13.8. The van der Waals surface area contributed by atoms with E-state index < -0.39 is 43.3 Å². The first-order valence-electron chi connectivity index (χ1n) is 15.9. The Kier molecular flexibility index (Phi) is 8.06. The molecule has 2 aromatic carbocycles. The first-order chi connectivity index (χ1) is 21.4. The summed E-state index contributed by atoms with van der Waals surface area (Å²) in [7, 11) is -2.19. The van der Waals surface area contributed by atoms with Gasteiger partial charge in [-0.3, -0.25) is 4.79 Å². The molecule has 6 nitrogen and oxygen atoms in total. The Morgan fingerprint density at radius 3 is 2.67 bits per heavy atom. The van der Waals surface area contributed by atoms with E-state index in [1.807, 2.05) is 13.0 Å². The third kappa shape index (κ3) is 5.22. The van der Waals surface area contributed by atoms with Gasteiger partial charge < -0.3 is 9.64 Å². The topological polar surface area (TPSA) is 75.7 Å². The number of hydrogen-bond donors (Lipinski definition) is 1. The lowest BCUT2D eigenvalue weighted by Crippen LogP contribution is -2.50. The van der Waals surface area contributed by atoms with Crippen LogP contribution in [0.15, 0.2) is 40.8 Å². The predicted molar refractivity (Wildman–Crippen MR) is 174 cm³/mol. The Balaban J connectivity index is 1.33. The highest BCUT2D eigenvalue weighted by atomic mass is 35.5. The molecule has 4 bridgehead atoms. The van der Waals surface area contributed by atoms with Crippen LogP contribution in [-0.2, 0) is 26.6 Å². The number of halogens is 3. The average molecular weight is 677 g/mol. The standard InChI is InChI=1S/C34H39ClF2N2O4S2/c1-18-19(2)45(41,42)38-33(40)20-7-9-29-28(13-20)39(15-21-6-8-24(21)32(43-3)23-11-22(18)12-23)16-34(17-44-29)10-4-5-25-26(34)14-27(36)30(35)31(25)37/h7,9,11,13-14,18-19,21-22,24,32H,4-6,8,10,12,15-17H2,1-3H3,(H,38,40)/t18-,19-,21+,22+,24-,32+,34+/m1/s1. The van der Waals surface area contributed by atoms with E-state index in [4.69, 9.17) is 16.3 Å². The number of rotatable bonds is 1. The second-order valence-corrected chi connectivity index (χ2v) is 17.2. The molecule has 1 N–H and O–H groups in total. The molecule has 242 valence electrons. The van der Waals surface area contributed by atoms with Gasteiger partial charge >= 0.3 is 0 Å². The molecule has 0 unspecified atom stereocenters. The highest BCUT2D eigenvalue weighted by Crippen LogP contribution is 2.51. The van der Waals surface area contributed by atoms with E-state index in [-0.39, 0.29) is 23.5 Å². The number of hydrogen-bond acceptors (Lipinski definition) is 6. The maximum Gasteiger partial charge on any atom is 0.264 e. The lowest BCUT2D eigenvalue weighted by molar-refractivity contribution is -0.000469. The van der Waals surface area contributed by atoms with Crippen molar-refractivity contribution in [2.45, 2.75) is 74.0 Å². The van der Waals surface area contributed by atoms with E-state index in [0.717, 1.165) is 42.7 Å². The molecule has 1 fully saturated rings. The van der Waals surface area contributed by atoms with Crippen molar-refractivity contribution in [1.82, 2.24) is 4.72 Å². The van der Waals surface area contributed by atoms with Gasteiger partial charge in [0.05, 0.1) is 17.0 Å². The van der Waals surface area contributed by atoms with Gasteiger partial charge in [-0.2, -0.15) is 0 Å². The molecule has 8 rings (SSSR count). The second kappa shape index (κ2) is 11.5. The lowest BCUT2D eigenvalue weighted by atomic mass is 9.64. The van der Waals surface area contributed by atoms with Crippen molar-refractivity contribution in [2.24, 2.45) is 23.7 Å². The fourth-order valence-corrected chi connectivity index (χ4v) is 11.2. The molecule has 1 amide bonds. The molecule has 7 atom stereocenters. The van der Waals surface area contributed by atoms with E-state index in [2.05, 4.69) is 15.7 Å². The van der Waals surface area contributed by atoms with Crippen molar-refractivity contribution in [3.8, 4) is 0 Å². The predicted octanol–water partition coefficient (Wildman–Crippen LogP) is 6.89. The van der Waals surface area contributed by atoms with Crippen LogP contribution in [0.25, 0.3) is 0 Å². The number of nitrogens with one attached hydrogen (secondary N) is 1. The van der Waals surface area contributed by atoms with Crippen LogP contribution in [0.3, 0.4) is 0 Å². The highest BCUT2D eigenvalue weighted by Gasteiger charge is 2.47. The molecule has 11 heteroatoms. The molecule has 45 heavy (non-hydrogen) atoms. The first-order valence-corrected chi connectivity index (χ1v) is 18.8. The fourth-order valence-electron chi connectivity index (χ4n) is 8.38. The van der Waals surface area contributed by atoms with Gasteiger partial charge in [-0.15, -0.1) is 11.8 Å². The van der Waals surface area contributed by atoms with Gasteiger partial charge in [0.25, 0.3) is 5.91 Å². The Bertz CT molecular complexity index is 1700. The minimum absolute atomic E-state index is 0.0337. The Morgan fingerprint density at radius 1 is 1.18 bits per heavy atom. The van der Waals surface area contributed by atoms with E-state index in [1.165, 1.54) is 11.6 Å². The minimum atomic E-state index is -3.94. The van der Waals surface area contributed by atoms with Crippen LogP contribution in [0.2, 0.25) is 5.02 Å². The van der Waals surface area contributed by atoms with E-state index in [9.17, 15) is 17.6 Å². The monoisotopic (exact) mass is 676 g/mol. The summed E-state index contributed by atoms with van der Waals surface area (Å²) in [5.41, 5.74) is 2.97. The molecule has 2 aromatic rings. The average Bonchev–Trinajstić information content (AvgIpc) is 3.13. The quantitative estimate of drug-likeness (QED) is 0.262.